The number of benzene rings is 1. The molecular formula is C22H27N3O5. The molecule has 1 aromatic carbocycles. The van der Waals surface area contributed by atoms with Crippen molar-refractivity contribution in [3.05, 3.63) is 41.3 Å². The van der Waals surface area contributed by atoms with Crippen LogP contribution in [-0.2, 0) is 17.9 Å². The molecule has 1 unspecified atom stereocenters. The van der Waals surface area contributed by atoms with Gasteiger partial charge in [0.2, 0.25) is 12.7 Å². The molecule has 1 aliphatic carbocycles. The van der Waals surface area contributed by atoms with Crippen LogP contribution in [-0.4, -0.2) is 35.2 Å². The van der Waals surface area contributed by atoms with E-state index in [0.29, 0.717) is 42.8 Å². The van der Waals surface area contributed by atoms with Crippen LogP contribution >= 0.6 is 0 Å². The lowest BCUT2D eigenvalue weighted by molar-refractivity contribution is -0.134. The quantitative estimate of drug-likeness (QED) is 0.679. The van der Waals surface area contributed by atoms with Gasteiger partial charge < -0.3 is 24.2 Å². The van der Waals surface area contributed by atoms with E-state index in [4.69, 9.17) is 14.0 Å². The van der Waals surface area contributed by atoms with E-state index >= 15 is 0 Å². The number of ether oxygens (including phenoxy) is 2. The molecule has 1 aliphatic heterocycles. The van der Waals surface area contributed by atoms with Crippen molar-refractivity contribution in [2.45, 2.75) is 46.2 Å². The summed E-state index contributed by atoms with van der Waals surface area (Å²) >= 11 is 0. The summed E-state index contributed by atoms with van der Waals surface area (Å²) in [6, 6.07) is 7.14. The summed E-state index contributed by atoms with van der Waals surface area (Å²) in [6.07, 6.45) is 2.91. The van der Waals surface area contributed by atoms with Crippen molar-refractivity contribution >= 4 is 11.8 Å². The lowest BCUT2D eigenvalue weighted by atomic mass is 10.1. The first-order valence-electron chi connectivity index (χ1n) is 10.4. The minimum atomic E-state index is -0.329. The molecule has 1 fully saturated rings. The molecule has 2 amide bonds. The van der Waals surface area contributed by atoms with Crippen LogP contribution in [0.25, 0.3) is 0 Å². The normalized spacial score (nSPS) is 15.7. The van der Waals surface area contributed by atoms with Gasteiger partial charge in [-0.3, -0.25) is 9.59 Å². The topological polar surface area (TPSA) is 93.9 Å². The van der Waals surface area contributed by atoms with Crippen LogP contribution < -0.4 is 14.8 Å². The van der Waals surface area contributed by atoms with E-state index < -0.39 is 0 Å². The monoisotopic (exact) mass is 413 g/mol. The van der Waals surface area contributed by atoms with Crippen LogP contribution in [0.15, 0.2) is 28.8 Å². The molecule has 160 valence electrons. The average Bonchev–Trinajstić information content (AvgIpc) is 3.31. The maximum Gasteiger partial charge on any atom is 0.273 e. The molecule has 0 bridgehead atoms. The maximum absolute atomic E-state index is 12.6. The van der Waals surface area contributed by atoms with E-state index in [-0.39, 0.29) is 30.2 Å². The van der Waals surface area contributed by atoms with Gasteiger partial charge in [0.15, 0.2) is 23.0 Å². The third kappa shape index (κ3) is 4.75. The van der Waals surface area contributed by atoms with Crippen molar-refractivity contribution in [2.75, 3.05) is 13.3 Å². The molecule has 0 saturated heterocycles. The molecule has 1 saturated carbocycles. The zero-order chi connectivity index (χ0) is 21.1. The fraction of sp³-hybridized carbons (Fsp3) is 0.500. The van der Waals surface area contributed by atoms with Crippen molar-refractivity contribution < 1.29 is 23.6 Å². The van der Waals surface area contributed by atoms with Gasteiger partial charge in [0.1, 0.15) is 0 Å². The third-order valence-electron chi connectivity index (χ3n) is 5.50. The zero-order valence-electron chi connectivity index (χ0n) is 17.3. The number of carbonyl (C=O) groups is 2. The Bertz CT molecular complexity index is 921. The van der Waals surface area contributed by atoms with Gasteiger partial charge in [-0.25, -0.2) is 0 Å². The van der Waals surface area contributed by atoms with E-state index in [2.05, 4.69) is 24.3 Å². The Morgan fingerprint density at radius 2 is 2.03 bits per heavy atom. The van der Waals surface area contributed by atoms with Gasteiger partial charge in [-0.1, -0.05) is 31.5 Å². The minimum absolute atomic E-state index is 0.140. The first-order chi connectivity index (χ1) is 14.5. The van der Waals surface area contributed by atoms with Crippen LogP contribution in [0.5, 0.6) is 11.5 Å². The van der Waals surface area contributed by atoms with Crippen molar-refractivity contribution in [1.29, 1.82) is 0 Å². The lowest BCUT2D eigenvalue weighted by Crippen LogP contribution is -2.35. The van der Waals surface area contributed by atoms with Crippen molar-refractivity contribution in [3.63, 3.8) is 0 Å². The summed E-state index contributed by atoms with van der Waals surface area (Å²) in [5, 5.41) is 6.72. The van der Waals surface area contributed by atoms with E-state index in [1.165, 1.54) is 0 Å². The van der Waals surface area contributed by atoms with E-state index in [0.717, 1.165) is 24.8 Å². The van der Waals surface area contributed by atoms with Gasteiger partial charge in [-0.05, 0) is 36.5 Å². The van der Waals surface area contributed by atoms with E-state index in [1.807, 2.05) is 23.1 Å². The molecule has 8 heteroatoms. The van der Waals surface area contributed by atoms with Crippen molar-refractivity contribution in [1.82, 2.24) is 15.4 Å². The largest absolute Gasteiger partial charge is 0.454 e. The number of fused-ring (bicyclic) bond motifs is 1. The summed E-state index contributed by atoms with van der Waals surface area (Å²) in [7, 11) is 0. The Balaban J connectivity index is 1.35. The fourth-order valence-electron chi connectivity index (χ4n) is 3.33. The molecule has 1 N–H and O–H groups in total. The van der Waals surface area contributed by atoms with Crippen LogP contribution in [0.2, 0.25) is 0 Å². The summed E-state index contributed by atoms with van der Waals surface area (Å²) in [6.45, 7) is 5.80. The van der Waals surface area contributed by atoms with Gasteiger partial charge >= 0.3 is 0 Å². The SMILES string of the molecule is CCC(C)CN(Cc1cc(C(=O)NCc2ccc3c(c2)OCO3)no1)C(=O)C1CC1. The van der Waals surface area contributed by atoms with Crippen LogP contribution in [0.1, 0.15) is 54.9 Å². The molecule has 1 atom stereocenters. The summed E-state index contributed by atoms with van der Waals surface area (Å²) in [5.41, 5.74) is 1.10. The van der Waals surface area contributed by atoms with Gasteiger partial charge in [-0.15, -0.1) is 0 Å². The Hall–Kier alpha value is -3.03. The lowest BCUT2D eigenvalue weighted by Gasteiger charge is -2.24. The highest BCUT2D eigenvalue weighted by Gasteiger charge is 2.34. The number of hydrogen-bond acceptors (Lipinski definition) is 6. The Labute approximate surface area is 175 Å². The predicted molar refractivity (Wildman–Crippen MR) is 108 cm³/mol. The first kappa shape index (κ1) is 20.3. The van der Waals surface area contributed by atoms with Gasteiger partial charge in [0, 0.05) is 25.1 Å². The molecule has 8 nitrogen and oxygen atoms in total. The standard InChI is InChI=1S/C22H27N3O5/c1-3-14(2)11-25(22(27)16-5-6-16)12-17-9-18(24-30-17)21(26)23-10-15-4-7-19-20(8-15)29-13-28-19/h4,7-9,14,16H,3,5-6,10-13H2,1-2H3,(H,23,26). The molecule has 0 radical (unpaired) electrons. The number of amides is 2. The highest BCUT2D eigenvalue weighted by molar-refractivity contribution is 5.92. The van der Waals surface area contributed by atoms with Crippen molar-refractivity contribution in [2.24, 2.45) is 11.8 Å². The van der Waals surface area contributed by atoms with Gasteiger partial charge in [-0.2, -0.15) is 0 Å². The Morgan fingerprint density at radius 1 is 1.23 bits per heavy atom. The second kappa shape index (κ2) is 8.77. The van der Waals surface area contributed by atoms with Crippen LogP contribution in [0, 0.1) is 11.8 Å². The zero-order valence-corrected chi connectivity index (χ0v) is 17.3. The Morgan fingerprint density at radius 3 is 2.80 bits per heavy atom. The summed E-state index contributed by atoms with van der Waals surface area (Å²) in [4.78, 5) is 26.9. The molecule has 1 aromatic heterocycles. The molecule has 2 heterocycles. The fourth-order valence-corrected chi connectivity index (χ4v) is 3.33. The summed E-state index contributed by atoms with van der Waals surface area (Å²) < 4.78 is 16.0. The van der Waals surface area contributed by atoms with Crippen LogP contribution in [0.3, 0.4) is 0 Å². The van der Waals surface area contributed by atoms with Gasteiger partial charge in [0.05, 0.1) is 6.54 Å². The first-order valence-corrected chi connectivity index (χ1v) is 10.4. The van der Waals surface area contributed by atoms with Crippen molar-refractivity contribution in [3.8, 4) is 11.5 Å². The molecular weight excluding hydrogens is 386 g/mol. The average molecular weight is 413 g/mol. The molecule has 2 aliphatic rings. The van der Waals surface area contributed by atoms with Gasteiger partial charge in [0.25, 0.3) is 5.91 Å². The number of carbonyl (C=O) groups excluding carboxylic acids is 2. The van der Waals surface area contributed by atoms with Crippen LogP contribution in [0.4, 0.5) is 0 Å². The van der Waals surface area contributed by atoms with E-state index in [1.54, 1.807) is 6.07 Å². The number of nitrogens with zero attached hydrogens (tertiary/aromatic N) is 2. The second-order valence-electron chi connectivity index (χ2n) is 8.06. The minimum Gasteiger partial charge on any atom is -0.454 e. The molecule has 2 aromatic rings. The number of hydrogen-bond donors (Lipinski definition) is 1. The third-order valence-corrected chi connectivity index (χ3v) is 5.50. The predicted octanol–water partition coefficient (Wildman–Crippen LogP) is 3.12. The number of nitrogens with one attached hydrogen (secondary N) is 1. The molecule has 30 heavy (non-hydrogen) atoms. The van der Waals surface area contributed by atoms with E-state index in [9.17, 15) is 9.59 Å². The Kier molecular flexibility index (Phi) is 5.92. The smallest absolute Gasteiger partial charge is 0.273 e. The molecule has 0 spiro atoms. The summed E-state index contributed by atoms with van der Waals surface area (Å²) in [5.74, 6) is 2.27. The maximum atomic E-state index is 12.6. The highest BCUT2D eigenvalue weighted by atomic mass is 16.7. The number of aromatic nitrogens is 1. The second-order valence-corrected chi connectivity index (χ2v) is 8.06. The molecule has 4 rings (SSSR count). The highest BCUT2D eigenvalue weighted by Crippen LogP contribution is 2.33. The number of rotatable bonds is 9.